The third-order valence-electron chi connectivity index (χ3n) is 2.84. The van der Waals surface area contributed by atoms with Gasteiger partial charge < -0.3 is 10.1 Å². The second-order valence-electron chi connectivity index (χ2n) is 4.23. The molecule has 1 aromatic rings. The molecular weight excluding hydrogens is 240 g/mol. The largest absolute Gasteiger partial charge is 0.378 e. The van der Waals surface area contributed by atoms with Crippen molar-refractivity contribution in [3.63, 3.8) is 0 Å². The Labute approximate surface area is 105 Å². The first-order chi connectivity index (χ1) is 8.16. The molecule has 1 fully saturated rings. The summed E-state index contributed by atoms with van der Waals surface area (Å²) in [6.45, 7) is 2.70. The number of ether oxygens (including phenoxy) is 1. The molecule has 1 aliphatic heterocycles. The number of hydrogen-bond acceptors (Lipinski definition) is 3. The van der Waals surface area contributed by atoms with Crippen LogP contribution in [0.5, 0.6) is 0 Å². The normalized spacial score (nSPS) is 24.4. The Hall–Kier alpha value is -1.13. The van der Waals surface area contributed by atoms with Crippen molar-refractivity contribution in [2.75, 3.05) is 6.61 Å². The molecule has 0 saturated carbocycles. The molecule has 17 heavy (non-hydrogen) atoms. The molecule has 0 bridgehead atoms. The second kappa shape index (κ2) is 5.47. The van der Waals surface area contributed by atoms with Gasteiger partial charge in [-0.3, -0.25) is 9.78 Å². The first-order valence-electron chi connectivity index (χ1n) is 5.69. The lowest BCUT2D eigenvalue weighted by Crippen LogP contribution is -2.41. The first-order valence-corrected chi connectivity index (χ1v) is 6.06. The zero-order valence-corrected chi connectivity index (χ0v) is 10.4. The highest BCUT2D eigenvalue weighted by Gasteiger charge is 2.22. The first kappa shape index (κ1) is 12.3. The maximum absolute atomic E-state index is 12.0. The van der Waals surface area contributed by atoms with E-state index in [1.165, 1.54) is 6.20 Å². The summed E-state index contributed by atoms with van der Waals surface area (Å²) in [5, 5.41) is 3.35. The Morgan fingerprint density at radius 1 is 1.65 bits per heavy atom. The topological polar surface area (TPSA) is 51.2 Å². The number of hydrogen-bond donors (Lipinski definition) is 1. The van der Waals surface area contributed by atoms with Gasteiger partial charge in [-0.2, -0.15) is 0 Å². The van der Waals surface area contributed by atoms with E-state index in [9.17, 15) is 4.79 Å². The molecule has 0 radical (unpaired) electrons. The average molecular weight is 255 g/mol. The third-order valence-corrected chi connectivity index (χ3v) is 3.14. The van der Waals surface area contributed by atoms with Crippen LogP contribution in [0, 0.1) is 0 Å². The minimum Gasteiger partial charge on any atom is -0.378 e. The summed E-state index contributed by atoms with van der Waals surface area (Å²) in [4.78, 5) is 15.8. The second-order valence-corrected chi connectivity index (χ2v) is 4.64. The number of rotatable bonds is 2. The minimum absolute atomic E-state index is 0.142. The number of halogens is 1. The van der Waals surface area contributed by atoms with E-state index in [2.05, 4.69) is 10.3 Å². The molecule has 2 unspecified atom stereocenters. The van der Waals surface area contributed by atoms with E-state index < -0.39 is 0 Å². The van der Waals surface area contributed by atoms with Crippen LogP contribution in [0.15, 0.2) is 18.5 Å². The third kappa shape index (κ3) is 3.17. The molecule has 0 spiro atoms. The summed E-state index contributed by atoms with van der Waals surface area (Å²) >= 11 is 5.92. The van der Waals surface area contributed by atoms with Crippen LogP contribution in [0.3, 0.4) is 0 Å². The lowest BCUT2D eigenvalue weighted by Gasteiger charge is -2.28. The van der Waals surface area contributed by atoms with Crippen molar-refractivity contribution in [1.82, 2.24) is 10.3 Å². The number of pyridine rings is 1. The predicted octanol–water partition coefficient (Wildman–Crippen LogP) is 2.03. The minimum atomic E-state index is -0.142. The molecule has 4 nitrogen and oxygen atoms in total. The van der Waals surface area contributed by atoms with E-state index in [1.54, 1.807) is 12.3 Å². The van der Waals surface area contributed by atoms with Crippen molar-refractivity contribution in [1.29, 1.82) is 0 Å². The monoisotopic (exact) mass is 254 g/mol. The number of nitrogens with zero attached hydrogens (tertiary/aromatic N) is 1. The lowest BCUT2D eigenvalue weighted by molar-refractivity contribution is 0.0136. The SMILES string of the molecule is CC1CC(NC(=O)c2ccncc2Cl)CCO1. The van der Waals surface area contributed by atoms with E-state index in [0.29, 0.717) is 17.2 Å². The van der Waals surface area contributed by atoms with Crippen molar-refractivity contribution in [2.24, 2.45) is 0 Å². The molecule has 0 aliphatic carbocycles. The van der Waals surface area contributed by atoms with Gasteiger partial charge >= 0.3 is 0 Å². The Bertz CT molecular complexity index is 411. The summed E-state index contributed by atoms with van der Waals surface area (Å²) in [5.74, 6) is -0.142. The van der Waals surface area contributed by atoms with Gasteiger partial charge in [0.2, 0.25) is 0 Å². The van der Waals surface area contributed by atoms with Crippen molar-refractivity contribution in [2.45, 2.75) is 31.9 Å². The summed E-state index contributed by atoms with van der Waals surface area (Å²) in [5.41, 5.74) is 0.473. The fourth-order valence-electron chi connectivity index (χ4n) is 1.95. The number of aromatic nitrogens is 1. The van der Waals surface area contributed by atoms with Crippen LogP contribution in [-0.4, -0.2) is 29.6 Å². The fraction of sp³-hybridized carbons (Fsp3) is 0.500. The quantitative estimate of drug-likeness (QED) is 0.879. The maximum atomic E-state index is 12.0. The van der Waals surface area contributed by atoms with Crippen molar-refractivity contribution in [3.8, 4) is 0 Å². The van der Waals surface area contributed by atoms with Crippen LogP contribution < -0.4 is 5.32 Å². The Kier molecular flexibility index (Phi) is 3.97. The number of amides is 1. The van der Waals surface area contributed by atoms with Crippen LogP contribution in [0.4, 0.5) is 0 Å². The Morgan fingerprint density at radius 2 is 2.47 bits per heavy atom. The Balaban J connectivity index is 1.99. The van der Waals surface area contributed by atoms with Gasteiger partial charge in [0.15, 0.2) is 0 Å². The van der Waals surface area contributed by atoms with Crippen molar-refractivity contribution in [3.05, 3.63) is 29.0 Å². The molecule has 0 aromatic carbocycles. The molecular formula is C12H15ClN2O2. The Morgan fingerprint density at radius 3 is 3.18 bits per heavy atom. The van der Waals surface area contributed by atoms with Crippen molar-refractivity contribution >= 4 is 17.5 Å². The van der Waals surface area contributed by atoms with Gasteiger partial charge in [0, 0.05) is 25.0 Å². The molecule has 92 valence electrons. The average Bonchev–Trinajstić information content (AvgIpc) is 2.29. The van der Waals surface area contributed by atoms with Gasteiger partial charge in [-0.1, -0.05) is 11.6 Å². The standard InChI is InChI=1S/C12H15ClN2O2/c1-8-6-9(3-5-17-8)15-12(16)10-2-4-14-7-11(10)13/h2,4,7-9H,3,5-6H2,1H3,(H,15,16). The molecule has 2 atom stereocenters. The van der Waals surface area contributed by atoms with Crippen LogP contribution in [0.25, 0.3) is 0 Å². The van der Waals surface area contributed by atoms with Crippen molar-refractivity contribution < 1.29 is 9.53 Å². The van der Waals surface area contributed by atoms with Gasteiger partial charge in [0.05, 0.1) is 16.7 Å². The van der Waals surface area contributed by atoms with Crippen LogP contribution >= 0.6 is 11.6 Å². The van der Waals surface area contributed by atoms with E-state index in [4.69, 9.17) is 16.3 Å². The molecule has 1 saturated heterocycles. The molecule has 1 amide bonds. The zero-order chi connectivity index (χ0) is 12.3. The smallest absolute Gasteiger partial charge is 0.253 e. The zero-order valence-electron chi connectivity index (χ0n) is 9.65. The van der Waals surface area contributed by atoms with Gasteiger partial charge in [-0.15, -0.1) is 0 Å². The number of nitrogens with one attached hydrogen (secondary N) is 1. The summed E-state index contributed by atoms with van der Waals surface area (Å²) in [6.07, 6.45) is 4.92. The molecule has 1 aliphatic rings. The molecule has 2 rings (SSSR count). The van der Waals surface area contributed by atoms with E-state index >= 15 is 0 Å². The summed E-state index contributed by atoms with van der Waals surface area (Å²) < 4.78 is 5.43. The van der Waals surface area contributed by atoms with E-state index in [0.717, 1.165) is 12.8 Å². The number of carbonyl (C=O) groups excluding carboxylic acids is 1. The van der Waals surface area contributed by atoms with Crippen LogP contribution in [0.1, 0.15) is 30.1 Å². The van der Waals surface area contributed by atoms with Gasteiger partial charge in [0.1, 0.15) is 0 Å². The lowest BCUT2D eigenvalue weighted by atomic mass is 10.0. The van der Waals surface area contributed by atoms with Crippen LogP contribution in [-0.2, 0) is 4.74 Å². The number of carbonyl (C=O) groups is 1. The molecule has 2 heterocycles. The summed E-state index contributed by atoms with van der Waals surface area (Å²) in [7, 11) is 0. The maximum Gasteiger partial charge on any atom is 0.253 e. The molecule has 5 heteroatoms. The highest BCUT2D eigenvalue weighted by Crippen LogP contribution is 2.16. The van der Waals surface area contributed by atoms with Gasteiger partial charge in [-0.25, -0.2) is 0 Å². The van der Waals surface area contributed by atoms with Crippen LogP contribution in [0.2, 0.25) is 5.02 Å². The summed E-state index contributed by atoms with van der Waals surface area (Å²) in [6, 6.07) is 1.79. The van der Waals surface area contributed by atoms with E-state index in [1.807, 2.05) is 6.92 Å². The van der Waals surface area contributed by atoms with Gasteiger partial charge in [0.25, 0.3) is 5.91 Å². The highest BCUT2D eigenvalue weighted by atomic mass is 35.5. The van der Waals surface area contributed by atoms with E-state index in [-0.39, 0.29) is 18.1 Å². The molecule has 1 aromatic heterocycles. The molecule has 1 N–H and O–H groups in total. The highest BCUT2D eigenvalue weighted by molar-refractivity contribution is 6.33. The fourth-order valence-corrected chi connectivity index (χ4v) is 2.16. The predicted molar refractivity (Wildman–Crippen MR) is 65.1 cm³/mol. The van der Waals surface area contributed by atoms with Gasteiger partial charge in [-0.05, 0) is 25.8 Å².